The molecule has 1 aliphatic carbocycles. The summed E-state index contributed by atoms with van der Waals surface area (Å²) in [7, 11) is 0. The van der Waals surface area contributed by atoms with E-state index in [0.29, 0.717) is 16.5 Å². The first-order valence-electron chi connectivity index (χ1n) is 7.45. The van der Waals surface area contributed by atoms with Crippen molar-refractivity contribution in [3.63, 3.8) is 0 Å². The molecule has 3 unspecified atom stereocenters. The van der Waals surface area contributed by atoms with Gasteiger partial charge in [0, 0.05) is 28.0 Å². The molecule has 1 aromatic rings. The zero-order valence-electron chi connectivity index (χ0n) is 12.6. The highest BCUT2D eigenvalue weighted by Gasteiger charge is 2.26. The van der Waals surface area contributed by atoms with Gasteiger partial charge >= 0.3 is 0 Å². The van der Waals surface area contributed by atoms with E-state index in [1.165, 1.54) is 0 Å². The fraction of sp³-hybridized carbons (Fsp3) is 0.562. The lowest BCUT2D eigenvalue weighted by Crippen LogP contribution is -2.42. The first-order valence-corrected chi connectivity index (χ1v) is 8.21. The van der Waals surface area contributed by atoms with Gasteiger partial charge in [0.1, 0.15) is 0 Å². The Hall–Kier alpha value is -0.480. The van der Waals surface area contributed by atoms with E-state index in [4.69, 9.17) is 28.9 Å². The number of rotatable bonds is 4. The van der Waals surface area contributed by atoms with Gasteiger partial charge in [-0.2, -0.15) is 0 Å². The summed E-state index contributed by atoms with van der Waals surface area (Å²) in [6.45, 7) is 1.99. The third-order valence-electron chi connectivity index (χ3n) is 4.02. The second kappa shape index (κ2) is 8.97. The van der Waals surface area contributed by atoms with Gasteiger partial charge in [-0.05, 0) is 50.3 Å². The summed E-state index contributed by atoms with van der Waals surface area (Å²) < 4.78 is 0. The van der Waals surface area contributed by atoms with Crippen LogP contribution in [0, 0.1) is 5.92 Å². The molecule has 0 aromatic heterocycles. The van der Waals surface area contributed by atoms with E-state index in [2.05, 4.69) is 5.32 Å². The highest BCUT2D eigenvalue weighted by Crippen LogP contribution is 2.24. The molecule has 1 aromatic carbocycles. The van der Waals surface area contributed by atoms with Crippen molar-refractivity contribution in [1.29, 1.82) is 0 Å². The Morgan fingerprint density at radius 3 is 2.77 bits per heavy atom. The normalized spacial score (nSPS) is 22.5. The monoisotopic (exact) mass is 364 g/mol. The molecule has 124 valence electrons. The summed E-state index contributed by atoms with van der Waals surface area (Å²) in [6, 6.07) is 5.65. The van der Waals surface area contributed by atoms with E-state index in [1.54, 1.807) is 6.07 Å². The molecule has 2 rings (SSSR count). The highest BCUT2D eigenvalue weighted by molar-refractivity contribution is 6.35. The quantitative estimate of drug-likeness (QED) is 0.848. The molecule has 1 aliphatic rings. The number of hydrogen-bond donors (Lipinski definition) is 2. The Labute approximate surface area is 148 Å². The summed E-state index contributed by atoms with van der Waals surface area (Å²) >= 11 is 12.1. The number of amides is 1. The number of halogens is 3. The lowest BCUT2D eigenvalue weighted by molar-refractivity contribution is -0.126. The Bertz CT molecular complexity index is 510. The first-order chi connectivity index (χ1) is 9.95. The fourth-order valence-corrected chi connectivity index (χ4v) is 3.38. The molecule has 0 radical (unpaired) electrons. The average molecular weight is 366 g/mol. The van der Waals surface area contributed by atoms with Gasteiger partial charge in [-0.15, -0.1) is 12.4 Å². The molecule has 3 atom stereocenters. The Kier molecular flexibility index (Phi) is 7.98. The van der Waals surface area contributed by atoms with E-state index < -0.39 is 0 Å². The molecule has 1 saturated carbocycles. The van der Waals surface area contributed by atoms with Gasteiger partial charge < -0.3 is 11.1 Å². The summed E-state index contributed by atoms with van der Waals surface area (Å²) in [4.78, 5) is 12.3. The highest BCUT2D eigenvalue weighted by atomic mass is 35.5. The third kappa shape index (κ3) is 5.62. The van der Waals surface area contributed by atoms with E-state index >= 15 is 0 Å². The van der Waals surface area contributed by atoms with E-state index in [9.17, 15) is 4.79 Å². The van der Waals surface area contributed by atoms with Gasteiger partial charge in [0.25, 0.3) is 0 Å². The molecule has 6 heteroatoms. The third-order valence-corrected chi connectivity index (χ3v) is 4.60. The van der Waals surface area contributed by atoms with Crippen molar-refractivity contribution in [2.75, 3.05) is 0 Å². The van der Waals surface area contributed by atoms with Crippen LogP contribution in [-0.4, -0.2) is 18.0 Å². The minimum Gasteiger partial charge on any atom is -0.353 e. The number of nitrogens with two attached hydrogens (primary N) is 1. The fourth-order valence-electron chi connectivity index (χ4n) is 2.89. The van der Waals surface area contributed by atoms with Crippen LogP contribution >= 0.6 is 35.6 Å². The summed E-state index contributed by atoms with van der Waals surface area (Å²) in [5.41, 5.74) is 6.94. The minimum atomic E-state index is 0. The molecule has 1 fully saturated rings. The van der Waals surface area contributed by atoms with Gasteiger partial charge in [0.2, 0.25) is 5.91 Å². The van der Waals surface area contributed by atoms with Crippen molar-refractivity contribution in [2.24, 2.45) is 11.7 Å². The van der Waals surface area contributed by atoms with Gasteiger partial charge in [0.05, 0.1) is 0 Å². The second-order valence-electron chi connectivity index (χ2n) is 5.97. The van der Waals surface area contributed by atoms with Crippen LogP contribution in [0.5, 0.6) is 0 Å². The maximum atomic E-state index is 12.3. The van der Waals surface area contributed by atoms with Crippen molar-refractivity contribution in [1.82, 2.24) is 5.32 Å². The predicted octanol–water partition coefficient (Wildman–Crippen LogP) is 3.98. The summed E-state index contributed by atoms with van der Waals surface area (Å²) in [5, 5.41) is 4.34. The van der Waals surface area contributed by atoms with Crippen molar-refractivity contribution in [3.8, 4) is 0 Å². The lowest BCUT2D eigenvalue weighted by atomic mass is 9.85. The smallest absolute Gasteiger partial charge is 0.223 e. The number of carbonyl (C=O) groups is 1. The maximum Gasteiger partial charge on any atom is 0.223 e. The standard InChI is InChI=1S/C16H22Cl2N2O.ClH/c1-10(7-11-5-6-13(17)9-15(11)18)20-16(21)12-3-2-4-14(19)8-12;/h5-6,9-10,12,14H,2-4,7-8,19H2,1H3,(H,20,21);1H. The number of carbonyl (C=O) groups excluding carboxylic acids is 1. The average Bonchev–Trinajstić information content (AvgIpc) is 2.42. The van der Waals surface area contributed by atoms with Crippen LogP contribution in [-0.2, 0) is 11.2 Å². The van der Waals surface area contributed by atoms with Crippen molar-refractivity contribution in [2.45, 2.75) is 51.1 Å². The first kappa shape index (κ1) is 19.6. The molecule has 3 N–H and O–H groups in total. The topological polar surface area (TPSA) is 55.1 Å². The van der Waals surface area contributed by atoms with Crippen LogP contribution in [0.2, 0.25) is 10.0 Å². The van der Waals surface area contributed by atoms with Gasteiger partial charge in [-0.3, -0.25) is 4.79 Å². The van der Waals surface area contributed by atoms with Crippen LogP contribution in [0.4, 0.5) is 0 Å². The lowest BCUT2D eigenvalue weighted by Gasteiger charge is -2.27. The van der Waals surface area contributed by atoms with Crippen LogP contribution < -0.4 is 11.1 Å². The van der Waals surface area contributed by atoms with Gasteiger partial charge in [-0.1, -0.05) is 35.7 Å². The Balaban J connectivity index is 0.00000242. The molecule has 1 amide bonds. The molecule has 0 aliphatic heterocycles. The van der Waals surface area contributed by atoms with E-state index in [1.807, 2.05) is 19.1 Å². The van der Waals surface area contributed by atoms with E-state index in [0.717, 1.165) is 31.2 Å². The molecular formula is C16H23Cl3N2O. The zero-order valence-corrected chi connectivity index (χ0v) is 15.0. The molecule has 0 saturated heterocycles. The largest absolute Gasteiger partial charge is 0.353 e. The summed E-state index contributed by atoms with van der Waals surface area (Å²) in [6.07, 6.45) is 4.49. The Morgan fingerprint density at radius 1 is 1.41 bits per heavy atom. The van der Waals surface area contributed by atoms with Crippen LogP contribution in [0.1, 0.15) is 38.2 Å². The minimum absolute atomic E-state index is 0. The molecule has 0 spiro atoms. The molecule has 3 nitrogen and oxygen atoms in total. The van der Waals surface area contributed by atoms with Crippen LogP contribution in [0.15, 0.2) is 18.2 Å². The molecule has 0 bridgehead atoms. The number of benzene rings is 1. The SMILES string of the molecule is CC(Cc1ccc(Cl)cc1Cl)NC(=O)C1CCCC(N)C1.Cl. The maximum absolute atomic E-state index is 12.3. The van der Waals surface area contributed by atoms with Crippen molar-refractivity contribution >= 4 is 41.5 Å². The van der Waals surface area contributed by atoms with E-state index in [-0.39, 0.29) is 36.3 Å². The molecular weight excluding hydrogens is 343 g/mol. The van der Waals surface area contributed by atoms with Crippen LogP contribution in [0.25, 0.3) is 0 Å². The Morgan fingerprint density at radius 2 is 2.14 bits per heavy atom. The van der Waals surface area contributed by atoms with Crippen LogP contribution in [0.3, 0.4) is 0 Å². The van der Waals surface area contributed by atoms with Crippen molar-refractivity contribution in [3.05, 3.63) is 33.8 Å². The summed E-state index contributed by atoms with van der Waals surface area (Å²) in [5.74, 6) is 0.166. The van der Waals surface area contributed by atoms with Gasteiger partial charge in [0.15, 0.2) is 0 Å². The number of nitrogens with one attached hydrogen (secondary N) is 1. The zero-order chi connectivity index (χ0) is 15.4. The number of hydrogen-bond acceptors (Lipinski definition) is 2. The second-order valence-corrected chi connectivity index (χ2v) is 6.82. The molecule has 22 heavy (non-hydrogen) atoms. The van der Waals surface area contributed by atoms with Gasteiger partial charge in [-0.25, -0.2) is 0 Å². The molecule has 0 heterocycles. The van der Waals surface area contributed by atoms with Crippen molar-refractivity contribution < 1.29 is 4.79 Å². The predicted molar refractivity (Wildman–Crippen MR) is 95.0 cm³/mol.